The van der Waals surface area contributed by atoms with Crippen LogP contribution in [0.5, 0.6) is 0 Å². The summed E-state index contributed by atoms with van der Waals surface area (Å²) in [6.07, 6.45) is 2.28. The lowest BCUT2D eigenvalue weighted by atomic mass is 10.1. The van der Waals surface area contributed by atoms with Crippen molar-refractivity contribution in [3.63, 3.8) is 0 Å². The highest BCUT2D eigenvalue weighted by molar-refractivity contribution is 7.80. The van der Waals surface area contributed by atoms with Crippen LogP contribution >= 0.6 is 12.6 Å². The van der Waals surface area contributed by atoms with Gasteiger partial charge in [-0.05, 0) is 51.6 Å². The highest BCUT2D eigenvalue weighted by Crippen LogP contribution is 2.08. The van der Waals surface area contributed by atoms with Gasteiger partial charge in [-0.3, -0.25) is 19.2 Å². The molecule has 12 nitrogen and oxygen atoms in total. The summed E-state index contributed by atoms with van der Waals surface area (Å²) in [7, 11) is 0. The summed E-state index contributed by atoms with van der Waals surface area (Å²) in [5.41, 5.74) is 5.50. The SMILES string of the molecule is NCCCCC(NC(=O)C1CCCN1)C(=O)NC(CCC(=O)O)C(=O)NC(CS)C(=O)O. The van der Waals surface area contributed by atoms with Crippen LogP contribution in [0.1, 0.15) is 44.9 Å². The number of carbonyl (C=O) groups is 5. The number of amides is 3. The Balaban J connectivity index is 2.89. The first kappa shape index (κ1) is 27.7. The summed E-state index contributed by atoms with van der Waals surface area (Å²) in [6, 6.07) is -3.95. The van der Waals surface area contributed by atoms with Gasteiger partial charge in [0.1, 0.15) is 18.1 Å². The second kappa shape index (κ2) is 14.6. The first-order valence-corrected chi connectivity index (χ1v) is 11.2. The van der Waals surface area contributed by atoms with Crippen LogP contribution in [-0.4, -0.2) is 82.9 Å². The molecule has 32 heavy (non-hydrogen) atoms. The zero-order chi connectivity index (χ0) is 24.1. The maximum absolute atomic E-state index is 12.9. The van der Waals surface area contributed by atoms with E-state index in [-0.39, 0.29) is 24.5 Å². The number of rotatable bonds is 15. The lowest BCUT2D eigenvalue weighted by Crippen LogP contribution is -2.57. The Kier molecular flexibility index (Phi) is 12.7. The average molecular weight is 476 g/mol. The third kappa shape index (κ3) is 9.83. The van der Waals surface area contributed by atoms with Crippen LogP contribution in [-0.2, 0) is 24.0 Å². The van der Waals surface area contributed by atoms with E-state index in [0.717, 1.165) is 6.42 Å². The number of thiol groups is 1. The maximum Gasteiger partial charge on any atom is 0.327 e. The second-order valence-corrected chi connectivity index (χ2v) is 7.94. The molecule has 0 radical (unpaired) electrons. The fraction of sp³-hybridized carbons (Fsp3) is 0.737. The van der Waals surface area contributed by atoms with Gasteiger partial charge in [0.05, 0.1) is 6.04 Å². The average Bonchev–Trinajstić information content (AvgIpc) is 3.28. The van der Waals surface area contributed by atoms with Gasteiger partial charge in [-0.2, -0.15) is 12.6 Å². The van der Waals surface area contributed by atoms with Gasteiger partial charge in [0.25, 0.3) is 0 Å². The van der Waals surface area contributed by atoms with E-state index in [0.29, 0.717) is 32.4 Å². The van der Waals surface area contributed by atoms with Crippen LogP contribution in [0.25, 0.3) is 0 Å². The standard InChI is InChI=1S/C19H33N5O7S/c20-8-2-1-4-12(22-16(27)11-5-3-9-21-11)17(28)23-13(6-7-15(25)26)18(29)24-14(10-32)19(30)31/h11-14,21,32H,1-10,20H2,(H,22,27)(H,23,28)(H,24,29)(H,25,26)(H,30,31). The van der Waals surface area contributed by atoms with Crippen molar-refractivity contribution < 1.29 is 34.2 Å². The van der Waals surface area contributed by atoms with Crippen LogP contribution in [0, 0.1) is 0 Å². The largest absolute Gasteiger partial charge is 0.481 e. The number of nitrogens with two attached hydrogens (primary N) is 1. The van der Waals surface area contributed by atoms with E-state index in [1.807, 2.05) is 0 Å². The first-order chi connectivity index (χ1) is 15.2. The number of hydrogen-bond donors (Lipinski definition) is 8. The van der Waals surface area contributed by atoms with Crippen molar-refractivity contribution in [1.82, 2.24) is 21.3 Å². The Morgan fingerprint density at radius 1 is 0.969 bits per heavy atom. The molecule has 1 saturated heterocycles. The highest BCUT2D eigenvalue weighted by Gasteiger charge is 2.31. The van der Waals surface area contributed by atoms with E-state index in [2.05, 4.69) is 33.9 Å². The van der Waals surface area contributed by atoms with Crippen molar-refractivity contribution in [1.29, 1.82) is 0 Å². The maximum atomic E-state index is 12.9. The Morgan fingerprint density at radius 2 is 1.59 bits per heavy atom. The van der Waals surface area contributed by atoms with Crippen molar-refractivity contribution in [2.45, 2.75) is 69.1 Å². The van der Waals surface area contributed by atoms with Gasteiger partial charge in [-0.25, -0.2) is 4.79 Å². The third-order valence-corrected chi connectivity index (χ3v) is 5.40. The van der Waals surface area contributed by atoms with Gasteiger partial charge in [-0.1, -0.05) is 0 Å². The van der Waals surface area contributed by atoms with Gasteiger partial charge in [-0.15, -0.1) is 0 Å². The molecule has 0 aromatic rings. The number of carboxylic acid groups (broad SMARTS) is 2. The molecule has 0 aromatic heterocycles. The summed E-state index contributed by atoms with van der Waals surface area (Å²) in [4.78, 5) is 60.1. The molecule has 1 aliphatic heterocycles. The molecule has 0 saturated carbocycles. The van der Waals surface area contributed by atoms with Crippen LogP contribution in [0.2, 0.25) is 0 Å². The van der Waals surface area contributed by atoms with Gasteiger partial charge in [0, 0.05) is 12.2 Å². The fourth-order valence-corrected chi connectivity index (χ4v) is 3.46. The van der Waals surface area contributed by atoms with Gasteiger partial charge in [0.15, 0.2) is 0 Å². The van der Waals surface area contributed by atoms with E-state index in [9.17, 15) is 24.0 Å². The molecule has 1 heterocycles. The summed E-state index contributed by atoms with van der Waals surface area (Å²) in [6.45, 7) is 1.12. The molecule has 1 fully saturated rings. The van der Waals surface area contributed by atoms with Gasteiger partial charge in [0.2, 0.25) is 17.7 Å². The van der Waals surface area contributed by atoms with E-state index >= 15 is 0 Å². The fourth-order valence-electron chi connectivity index (χ4n) is 3.21. The van der Waals surface area contributed by atoms with E-state index < -0.39 is 54.3 Å². The number of hydrogen-bond acceptors (Lipinski definition) is 8. The zero-order valence-corrected chi connectivity index (χ0v) is 18.7. The number of unbranched alkanes of at least 4 members (excludes halogenated alkanes) is 1. The van der Waals surface area contributed by atoms with Crippen molar-refractivity contribution in [3.8, 4) is 0 Å². The third-order valence-electron chi connectivity index (χ3n) is 5.03. The van der Waals surface area contributed by atoms with Crippen molar-refractivity contribution in [2.75, 3.05) is 18.8 Å². The van der Waals surface area contributed by atoms with Gasteiger partial charge >= 0.3 is 11.9 Å². The Bertz CT molecular complexity index is 672. The van der Waals surface area contributed by atoms with Crippen molar-refractivity contribution in [3.05, 3.63) is 0 Å². The molecule has 3 amide bonds. The Hall–Kier alpha value is -2.38. The summed E-state index contributed by atoms with van der Waals surface area (Å²) < 4.78 is 0. The molecular weight excluding hydrogens is 442 g/mol. The predicted molar refractivity (Wildman–Crippen MR) is 118 cm³/mol. The van der Waals surface area contributed by atoms with Crippen LogP contribution in [0.4, 0.5) is 0 Å². The number of aliphatic carboxylic acids is 2. The topological polar surface area (TPSA) is 200 Å². The molecule has 182 valence electrons. The minimum atomic E-state index is -1.31. The van der Waals surface area contributed by atoms with E-state index in [1.165, 1.54) is 0 Å². The highest BCUT2D eigenvalue weighted by atomic mass is 32.1. The van der Waals surface area contributed by atoms with E-state index in [4.69, 9.17) is 15.9 Å². The quantitative estimate of drug-likeness (QED) is 0.0994. The van der Waals surface area contributed by atoms with E-state index in [1.54, 1.807) is 0 Å². The molecule has 8 N–H and O–H groups in total. The summed E-state index contributed by atoms with van der Waals surface area (Å²) >= 11 is 3.87. The van der Waals surface area contributed by atoms with Crippen LogP contribution in [0.15, 0.2) is 0 Å². The lowest BCUT2D eigenvalue weighted by molar-refractivity contribution is -0.142. The van der Waals surface area contributed by atoms with Gasteiger partial charge < -0.3 is 37.2 Å². The smallest absolute Gasteiger partial charge is 0.327 e. The molecule has 1 rings (SSSR count). The van der Waals surface area contributed by atoms with Crippen molar-refractivity contribution in [2.24, 2.45) is 5.73 Å². The molecule has 0 spiro atoms. The summed E-state index contributed by atoms with van der Waals surface area (Å²) in [5, 5.41) is 28.5. The molecule has 0 aromatic carbocycles. The zero-order valence-electron chi connectivity index (χ0n) is 17.8. The molecular formula is C19H33N5O7S. The molecule has 4 atom stereocenters. The summed E-state index contributed by atoms with van der Waals surface area (Å²) in [5.74, 6) is -4.51. The monoisotopic (exact) mass is 475 g/mol. The molecule has 4 unspecified atom stereocenters. The predicted octanol–water partition coefficient (Wildman–Crippen LogP) is -1.80. The molecule has 1 aliphatic rings. The second-order valence-electron chi connectivity index (χ2n) is 7.57. The molecule has 13 heteroatoms. The van der Waals surface area contributed by atoms with Crippen LogP contribution < -0.4 is 27.0 Å². The number of carboxylic acids is 2. The number of carbonyl (C=O) groups excluding carboxylic acids is 3. The first-order valence-electron chi connectivity index (χ1n) is 10.6. The van der Waals surface area contributed by atoms with Crippen LogP contribution in [0.3, 0.4) is 0 Å². The normalized spacial score (nSPS) is 18.2. The molecule has 0 bridgehead atoms. The van der Waals surface area contributed by atoms with Crippen molar-refractivity contribution >= 4 is 42.3 Å². The Morgan fingerprint density at radius 3 is 2.09 bits per heavy atom. The lowest BCUT2D eigenvalue weighted by Gasteiger charge is -2.25. The number of nitrogens with one attached hydrogen (secondary N) is 4. The Labute approximate surface area is 191 Å². The molecule has 0 aliphatic carbocycles. The minimum absolute atomic E-state index is 0.188. The minimum Gasteiger partial charge on any atom is -0.481 e.